The number of aryl methyl sites for hydroxylation is 2. The number of aliphatic hydroxyl groups is 1. The summed E-state index contributed by atoms with van der Waals surface area (Å²) in [5.74, 6) is 0.714. The molecule has 4 N–H and O–H groups in total. The van der Waals surface area contributed by atoms with E-state index in [1.165, 1.54) is 11.1 Å². The Balaban J connectivity index is 2.01. The smallest absolute Gasteiger partial charge is 0.176 e. The van der Waals surface area contributed by atoms with Crippen molar-refractivity contribution in [3.05, 3.63) is 65.2 Å². The van der Waals surface area contributed by atoms with E-state index in [-0.39, 0.29) is 6.04 Å². The summed E-state index contributed by atoms with van der Waals surface area (Å²) < 4.78 is 5.81. The van der Waals surface area contributed by atoms with Gasteiger partial charge in [-0.25, -0.2) is 0 Å². The Labute approximate surface area is 138 Å². The van der Waals surface area contributed by atoms with E-state index in [0.29, 0.717) is 12.3 Å². The summed E-state index contributed by atoms with van der Waals surface area (Å²) in [4.78, 5) is 0. The van der Waals surface area contributed by atoms with Crippen molar-refractivity contribution in [3.8, 4) is 5.75 Å². The quantitative estimate of drug-likeness (QED) is 0.687. The first kappa shape index (κ1) is 17.5. The summed E-state index contributed by atoms with van der Waals surface area (Å²) in [6, 6.07) is 15.5. The molecule has 4 heteroatoms. The molecular weight excluding hydrogens is 288 g/mol. The number of rotatable bonds is 7. The summed E-state index contributed by atoms with van der Waals surface area (Å²) in [7, 11) is 0. The van der Waals surface area contributed by atoms with E-state index < -0.39 is 12.3 Å². The van der Waals surface area contributed by atoms with Gasteiger partial charge in [0.05, 0.1) is 0 Å². The predicted molar refractivity (Wildman–Crippen MR) is 93.4 cm³/mol. The van der Waals surface area contributed by atoms with Gasteiger partial charge in [-0.3, -0.25) is 5.32 Å². The number of nitrogens with two attached hydrogens (primary N) is 1. The van der Waals surface area contributed by atoms with Crippen LogP contribution in [0, 0.1) is 13.8 Å². The number of ether oxygens (including phenoxy) is 1. The highest BCUT2D eigenvalue weighted by molar-refractivity contribution is 5.36. The van der Waals surface area contributed by atoms with Gasteiger partial charge in [0.1, 0.15) is 11.9 Å². The van der Waals surface area contributed by atoms with Crippen molar-refractivity contribution >= 4 is 0 Å². The van der Waals surface area contributed by atoms with E-state index in [0.717, 1.165) is 5.56 Å². The van der Waals surface area contributed by atoms with E-state index >= 15 is 0 Å². The topological polar surface area (TPSA) is 67.5 Å². The molecule has 0 aliphatic carbocycles. The van der Waals surface area contributed by atoms with E-state index in [2.05, 4.69) is 31.3 Å². The molecule has 0 heterocycles. The Morgan fingerprint density at radius 1 is 1.04 bits per heavy atom. The predicted octanol–water partition coefficient (Wildman–Crippen LogP) is 2.68. The lowest BCUT2D eigenvalue weighted by Crippen LogP contribution is -2.45. The van der Waals surface area contributed by atoms with Gasteiger partial charge in [-0.2, -0.15) is 0 Å². The fourth-order valence-corrected chi connectivity index (χ4v) is 2.71. The van der Waals surface area contributed by atoms with Crippen LogP contribution in [0.1, 0.15) is 29.7 Å². The lowest BCUT2D eigenvalue weighted by molar-refractivity contribution is 0.0262. The Hall–Kier alpha value is -1.88. The third-order valence-corrected chi connectivity index (χ3v) is 3.90. The minimum absolute atomic E-state index is 0.156. The largest absolute Gasteiger partial charge is 0.473 e. The monoisotopic (exact) mass is 314 g/mol. The molecule has 124 valence electrons. The molecular formula is C19H26N2O2. The van der Waals surface area contributed by atoms with Gasteiger partial charge in [-0.1, -0.05) is 36.4 Å². The number of nitrogens with one attached hydrogen (secondary N) is 1. The third kappa shape index (κ3) is 4.79. The summed E-state index contributed by atoms with van der Waals surface area (Å²) in [5.41, 5.74) is 9.84. The molecule has 0 aliphatic rings. The molecule has 0 saturated carbocycles. The maximum Gasteiger partial charge on any atom is 0.176 e. The van der Waals surface area contributed by atoms with Crippen LogP contribution < -0.4 is 15.8 Å². The molecule has 0 bridgehead atoms. The van der Waals surface area contributed by atoms with Crippen molar-refractivity contribution in [2.45, 2.75) is 39.1 Å². The lowest BCUT2D eigenvalue weighted by Gasteiger charge is -2.25. The zero-order chi connectivity index (χ0) is 16.8. The Morgan fingerprint density at radius 3 is 2.22 bits per heavy atom. The third-order valence-electron chi connectivity index (χ3n) is 3.90. The highest BCUT2D eigenvalue weighted by Crippen LogP contribution is 2.20. The van der Waals surface area contributed by atoms with Crippen LogP contribution in [0.25, 0.3) is 0 Å². The van der Waals surface area contributed by atoms with Gasteiger partial charge in [0.15, 0.2) is 6.23 Å². The molecule has 2 aromatic rings. The van der Waals surface area contributed by atoms with E-state index in [4.69, 9.17) is 10.5 Å². The van der Waals surface area contributed by atoms with Crippen LogP contribution in [0.3, 0.4) is 0 Å². The maximum absolute atomic E-state index is 9.94. The molecule has 3 unspecified atom stereocenters. The van der Waals surface area contributed by atoms with Crippen molar-refractivity contribution in [2.75, 3.05) is 6.54 Å². The molecule has 0 fully saturated rings. The Kier molecular flexibility index (Phi) is 6.16. The number of aliphatic hydroxyl groups excluding tert-OH is 1. The molecule has 0 saturated heterocycles. The SMILES string of the molecule is Cc1cccc(C)c1C(N)CNC(Oc1ccccc1)C(C)O. The summed E-state index contributed by atoms with van der Waals surface area (Å²) in [6.45, 7) is 6.35. The second kappa shape index (κ2) is 8.11. The molecule has 2 aromatic carbocycles. The van der Waals surface area contributed by atoms with Crippen molar-refractivity contribution in [3.63, 3.8) is 0 Å². The lowest BCUT2D eigenvalue weighted by atomic mass is 9.96. The second-order valence-corrected chi connectivity index (χ2v) is 5.91. The summed E-state index contributed by atoms with van der Waals surface area (Å²) in [6.07, 6.45) is -1.16. The minimum Gasteiger partial charge on any atom is -0.473 e. The van der Waals surface area contributed by atoms with Crippen molar-refractivity contribution in [2.24, 2.45) is 5.73 Å². The number of benzene rings is 2. The molecule has 2 rings (SSSR count). The molecule has 0 spiro atoms. The highest BCUT2D eigenvalue weighted by Gasteiger charge is 2.19. The molecule has 3 atom stereocenters. The van der Waals surface area contributed by atoms with Gasteiger partial charge < -0.3 is 15.6 Å². The maximum atomic E-state index is 9.94. The zero-order valence-corrected chi connectivity index (χ0v) is 14.0. The number of hydrogen-bond acceptors (Lipinski definition) is 4. The van der Waals surface area contributed by atoms with Crippen LogP contribution in [-0.4, -0.2) is 24.0 Å². The average molecular weight is 314 g/mol. The minimum atomic E-state index is -0.652. The molecule has 4 nitrogen and oxygen atoms in total. The van der Waals surface area contributed by atoms with Crippen LogP contribution in [0.5, 0.6) is 5.75 Å². The van der Waals surface area contributed by atoms with Gasteiger partial charge in [0.2, 0.25) is 0 Å². The fraction of sp³-hybridized carbons (Fsp3) is 0.368. The molecule has 0 radical (unpaired) electrons. The van der Waals surface area contributed by atoms with Crippen molar-refractivity contribution in [1.82, 2.24) is 5.32 Å². The molecule has 0 aromatic heterocycles. The standard InChI is InChI=1S/C19H26N2O2/c1-13-8-7-9-14(2)18(13)17(20)12-21-19(15(3)22)23-16-10-5-4-6-11-16/h4-11,15,17,19,21-22H,12,20H2,1-3H3. The van der Waals surface area contributed by atoms with Crippen molar-refractivity contribution in [1.29, 1.82) is 0 Å². The summed E-state index contributed by atoms with van der Waals surface area (Å²) >= 11 is 0. The highest BCUT2D eigenvalue weighted by atomic mass is 16.5. The van der Waals surface area contributed by atoms with Crippen LogP contribution in [0.2, 0.25) is 0 Å². The summed E-state index contributed by atoms with van der Waals surface area (Å²) in [5, 5.41) is 13.2. The average Bonchev–Trinajstić information content (AvgIpc) is 2.52. The van der Waals surface area contributed by atoms with E-state index in [9.17, 15) is 5.11 Å². The number of hydrogen-bond donors (Lipinski definition) is 3. The van der Waals surface area contributed by atoms with Gasteiger partial charge in [-0.05, 0) is 49.6 Å². The molecule has 0 aliphatic heterocycles. The first-order chi connectivity index (χ1) is 11.0. The first-order valence-electron chi connectivity index (χ1n) is 7.94. The van der Waals surface area contributed by atoms with Gasteiger partial charge in [-0.15, -0.1) is 0 Å². The number of para-hydroxylation sites is 1. The van der Waals surface area contributed by atoms with Crippen LogP contribution in [0.4, 0.5) is 0 Å². The zero-order valence-electron chi connectivity index (χ0n) is 14.0. The Morgan fingerprint density at radius 2 is 1.65 bits per heavy atom. The van der Waals surface area contributed by atoms with Crippen molar-refractivity contribution < 1.29 is 9.84 Å². The van der Waals surface area contributed by atoms with Crippen LogP contribution in [0.15, 0.2) is 48.5 Å². The molecule has 0 amide bonds. The normalized spacial score (nSPS) is 15.0. The van der Waals surface area contributed by atoms with E-state index in [1.54, 1.807) is 6.92 Å². The fourth-order valence-electron chi connectivity index (χ4n) is 2.71. The van der Waals surface area contributed by atoms with Gasteiger partial charge in [0.25, 0.3) is 0 Å². The Bertz CT molecular complexity index is 594. The van der Waals surface area contributed by atoms with E-state index in [1.807, 2.05) is 36.4 Å². The molecule has 23 heavy (non-hydrogen) atoms. The van der Waals surface area contributed by atoms with Crippen LogP contribution >= 0.6 is 0 Å². The van der Waals surface area contributed by atoms with Crippen LogP contribution in [-0.2, 0) is 0 Å². The first-order valence-corrected chi connectivity index (χ1v) is 7.94. The van der Waals surface area contributed by atoms with Gasteiger partial charge >= 0.3 is 0 Å². The van der Waals surface area contributed by atoms with Gasteiger partial charge in [0, 0.05) is 12.6 Å². The second-order valence-electron chi connectivity index (χ2n) is 5.91.